The van der Waals surface area contributed by atoms with Crippen LogP contribution in [0.2, 0.25) is 0 Å². The number of amides is 1. The number of sulfone groups is 1. The lowest BCUT2D eigenvalue weighted by molar-refractivity contribution is -0.133. The third-order valence-corrected chi connectivity index (χ3v) is 10.7. The molecule has 6 rings (SSSR count). The van der Waals surface area contributed by atoms with E-state index >= 15 is 0 Å². The van der Waals surface area contributed by atoms with Gasteiger partial charge in [-0.3, -0.25) is 9.69 Å². The lowest BCUT2D eigenvalue weighted by Gasteiger charge is -2.47. The number of benzene rings is 1. The lowest BCUT2D eigenvalue weighted by atomic mass is 9.87. The van der Waals surface area contributed by atoms with Gasteiger partial charge in [-0.1, -0.05) is 12.6 Å². The van der Waals surface area contributed by atoms with E-state index in [1.54, 1.807) is 6.33 Å². The second-order valence-electron chi connectivity index (χ2n) is 11.6. The predicted octanol–water partition coefficient (Wildman–Crippen LogP) is 3.01. The van der Waals surface area contributed by atoms with Gasteiger partial charge in [-0.15, -0.1) is 0 Å². The summed E-state index contributed by atoms with van der Waals surface area (Å²) in [7, 11) is -3.04. The van der Waals surface area contributed by atoms with Gasteiger partial charge in [0, 0.05) is 38.5 Å². The van der Waals surface area contributed by atoms with Crippen LogP contribution in [-0.2, 0) is 21.2 Å². The van der Waals surface area contributed by atoms with Crippen LogP contribution in [0.4, 0.5) is 17.3 Å². The minimum Gasteiger partial charge on any atom is -0.486 e. The molecule has 1 aromatic heterocycles. The summed E-state index contributed by atoms with van der Waals surface area (Å²) >= 11 is 0. The number of rotatable bonds is 5. The fourth-order valence-electron chi connectivity index (χ4n) is 6.60. The largest absolute Gasteiger partial charge is 0.486 e. The van der Waals surface area contributed by atoms with Crippen LogP contribution in [0.15, 0.2) is 31.1 Å². The molecule has 0 spiro atoms. The summed E-state index contributed by atoms with van der Waals surface area (Å²) in [5.41, 5.74) is 4.23. The maximum absolute atomic E-state index is 12.0. The molecule has 0 bridgehead atoms. The van der Waals surface area contributed by atoms with Crippen molar-refractivity contribution in [3.63, 3.8) is 0 Å². The van der Waals surface area contributed by atoms with Gasteiger partial charge < -0.3 is 19.9 Å². The number of ether oxygens (including phenoxy) is 1. The Morgan fingerprint density at radius 3 is 2.50 bits per heavy atom. The summed E-state index contributed by atoms with van der Waals surface area (Å²) in [6, 6.07) is 4.93. The van der Waals surface area contributed by atoms with E-state index in [9.17, 15) is 13.2 Å². The fourth-order valence-corrected chi connectivity index (χ4v) is 7.67. The van der Waals surface area contributed by atoms with E-state index in [0.29, 0.717) is 44.5 Å². The first-order valence-corrected chi connectivity index (χ1v) is 16.1. The molecule has 0 aliphatic carbocycles. The van der Waals surface area contributed by atoms with Crippen LogP contribution in [0.5, 0.6) is 5.75 Å². The van der Waals surface area contributed by atoms with Gasteiger partial charge in [-0.25, -0.2) is 18.4 Å². The van der Waals surface area contributed by atoms with Crippen LogP contribution < -0.4 is 15.0 Å². The Balaban J connectivity index is 1.15. The summed E-state index contributed by atoms with van der Waals surface area (Å²) in [6.45, 7) is 11.0. The van der Waals surface area contributed by atoms with Crippen molar-refractivity contribution in [3.8, 4) is 5.75 Å². The van der Waals surface area contributed by atoms with Gasteiger partial charge in [0.1, 0.15) is 40.2 Å². The topological polar surface area (TPSA) is 108 Å². The van der Waals surface area contributed by atoms with Crippen molar-refractivity contribution >= 4 is 33.1 Å². The Bertz CT molecular complexity index is 1410. The third-order valence-electron chi connectivity index (χ3n) is 9.05. The van der Waals surface area contributed by atoms with E-state index in [1.807, 2.05) is 4.90 Å². The zero-order chi connectivity index (χ0) is 28.0. The van der Waals surface area contributed by atoms with E-state index in [4.69, 9.17) is 4.74 Å². The number of nitrogens with zero attached hydrogens (tertiary/aromatic N) is 5. The van der Waals surface area contributed by atoms with Gasteiger partial charge in [0.15, 0.2) is 0 Å². The van der Waals surface area contributed by atoms with Gasteiger partial charge in [0.25, 0.3) is 0 Å². The van der Waals surface area contributed by atoms with Gasteiger partial charge in [-0.05, 0) is 74.9 Å². The molecular formula is C29H38N6O4S. The number of nitrogens with one attached hydrogen (secondary N) is 1. The number of hydrogen-bond acceptors (Lipinski definition) is 9. The monoisotopic (exact) mass is 566 g/mol. The number of fused-ring (bicyclic) bond motifs is 2. The Labute approximate surface area is 236 Å². The molecule has 0 atom stereocenters. The van der Waals surface area contributed by atoms with Gasteiger partial charge >= 0.3 is 0 Å². The average Bonchev–Trinajstić information content (AvgIpc) is 3.11. The molecule has 0 radical (unpaired) electrons. The van der Waals surface area contributed by atoms with Crippen LogP contribution in [0.1, 0.15) is 48.3 Å². The SMILES string of the molecule is C=CC(=O)N1CC(N2CCC(c3cc(C)c4c(c3)Nc3ncnc(N5CCC(S(C)(=O)=O)CC5)c3CO4)CC2)C1. The first-order valence-electron chi connectivity index (χ1n) is 14.2. The van der Waals surface area contributed by atoms with Crippen molar-refractivity contribution < 1.29 is 17.9 Å². The molecule has 40 heavy (non-hydrogen) atoms. The molecule has 4 aliphatic rings. The Morgan fingerprint density at radius 1 is 1.10 bits per heavy atom. The van der Waals surface area contributed by atoms with Crippen LogP contribution in [0.3, 0.4) is 0 Å². The third kappa shape index (κ3) is 5.16. The lowest BCUT2D eigenvalue weighted by Crippen LogP contribution is -2.61. The van der Waals surface area contributed by atoms with Gasteiger partial charge in [0.2, 0.25) is 5.91 Å². The fraction of sp³-hybridized carbons (Fsp3) is 0.552. The maximum Gasteiger partial charge on any atom is 0.246 e. The van der Waals surface area contributed by atoms with E-state index in [1.165, 1.54) is 17.9 Å². The second-order valence-corrected chi connectivity index (χ2v) is 13.9. The summed E-state index contributed by atoms with van der Waals surface area (Å²) in [5.74, 6) is 2.88. The highest BCUT2D eigenvalue weighted by Crippen LogP contribution is 2.42. The molecule has 1 aromatic carbocycles. The number of carbonyl (C=O) groups excluding carboxylic acids is 1. The summed E-state index contributed by atoms with van der Waals surface area (Å²) in [4.78, 5) is 27.5. The number of carbonyl (C=O) groups is 1. The summed E-state index contributed by atoms with van der Waals surface area (Å²) < 4.78 is 30.4. The highest BCUT2D eigenvalue weighted by Gasteiger charge is 2.36. The average molecular weight is 567 g/mol. The first kappa shape index (κ1) is 27.0. The van der Waals surface area contributed by atoms with Gasteiger partial charge in [0.05, 0.1) is 16.5 Å². The quantitative estimate of drug-likeness (QED) is 0.547. The molecule has 2 aromatic rings. The van der Waals surface area contributed by atoms with E-state index < -0.39 is 9.84 Å². The zero-order valence-electron chi connectivity index (χ0n) is 23.3. The van der Waals surface area contributed by atoms with Crippen LogP contribution in [0, 0.1) is 6.92 Å². The number of likely N-dealkylation sites (tertiary alicyclic amines) is 2. The Hall–Kier alpha value is -3.18. The van der Waals surface area contributed by atoms with Crippen molar-refractivity contribution in [2.75, 3.05) is 55.7 Å². The smallest absolute Gasteiger partial charge is 0.246 e. The van der Waals surface area contributed by atoms with Crippen molar-refractivity contribution in [1.29, 1.82) is 0 Å². The molecule has 0 unspecified atom stereocenters. The Morgan fingerprint density at radius 2 is 1.82 bits per heavy atom. The van der Waals surface area contributed by atoms with Crippen LogP contribution in [0.25, 0.3) is 0 Å². The molecule has 1 amide bonds. The molecule has 3 saturated heterocycles. The normalized spacial score (nSPS) is 20.9. The maximum atomic E-state index is 12.0. The molecule has 4 aliphatic heterocycles. The summed E-state index contributed by atoms with van der Waals surface area (Å²) in [6.07, 6.45) is 7.66. The minimum absolute atomic E-state index is 0.0248. The molecule has 214 valence electrons. The molecule has 3 fully saturated rings. The summed E-state index contributed by atoms with van der Waals surface area (Å²) in [5, 5.41) is 3.26. The first-order chi connectivity index (χ1) is 19.2. The molecule has 1 N–H and O–H groups in total. The van der Waals surface area contributed by atoms with E-state index in [0.717, 1.165) is 73.2 Å². The predicted molar refractivity (Wildman–Crippen MR) is 155 cm³/mol. The molecular weight excluding hydrogens is 528 g/mol. The van der Waals surface area contributed by atoms with E-state index in [2.05, 4.69) is 50.7 Å². The van der Waals surface area contributed by atoms with Crippen molar-refractivity contribution in [2.24, 2.45) is 0 Å². The standard InChI is InChI=1S/C29H38N6O4S/c1-4-26(36)35-15-22(16-35)33-9-5-20(6-10-33)21-13-19(2)27-25(14-21)32-28-24(17-39-27)29(31-18-30-28)34-11-7-23(8-12-34)40(3,37)38/h4,13-14,18,20,22-23H,1,5-12,15-17H2,2-3H3,(H,30,31,32). The van der Waals surface area contributed by atoms with Crippen LogP contribution >= 0.6 is 0 Å². The highest BCUT2D eigenvalue weighted by molar-refractivity contribution is 7.91. The molecule has 10 nitrogen and oxygen atoms in total. The van der Waals surface area contributed by atoms with Crippen molar-refractivity contribution in [2.45, 2.75) is 56.4 Å². The Kier molecular flexibility index (Phi) is 7.20. The minimum atomic E-state index is -3.04. The molecule has 11 heteroatoms. The van der Waals surface area contributed by atoms with Crippen molar-refractivity contribution in [3.05, 3.63) is 47.8 Å². The number of aromatic nitrogens is 2. The second kappa shape index (κ2) is 10.7. The number of hydrogen-bond donors (Lipinski definition) is 1. The van der Waals surface area contributed by atoms with E-state index in [-0.39, 0.29) is 11.2 Å². The zero-order valence-corrected chi connectivity index (χ0v) is 24.1. The number of aryl methyl sites for hydroxylation is 1. The number of anilines is 3. The molecule has 0 saturated carbocycles. The number of piperidine rings is 2. The highest BCUT2D eigenvalue weighted by atomic mass is 32.2. The van der Waals surface area contributed by atoms with Crippen molar-refractivity contribution in [1.82, 2.24) is 19.8 Å². The molecule has 5 heterocycles. The van der Waals surface area contributed by atoms with Gasteiger partial charge in [-0.2, -0.15) is 0 Å². The van der Waals surface area contributed by atoms with Crippen LogP contribution in [-0.4, -0.2) is 90.9 Å².